The van der Waals surface area contributed by atoms with Crippen LogP contribution in [0.25, 0.3) is 0 Å². The van der Waals surface area contributed by atoms with Crippen molar-refractivity contribution in [3.8, 4) is 0 Å². The van der Waals surface area contributed by atoms with Crippen molar-refractivity contribution in [2.75, 3.05) is 26.2 Å². The Morgan fingerprint density at radius 1 is 1.14 bits per heavy atom. The molecule has 28 heavy (non-hydrogen) atoms. The van der Waals surface area contributed by atoms with Crippen LogP contribution in [0.3, 0.4) is 0 Å². The summed E-state index contributed by atoms with van der Waals surface area (Å²) >= 11 is 0. The highest BCUT2D eigenvalue weighted by atomic mass is 35.5. The van der Waals surface area contributed by atoms with Gasteiger partial charge in [-0.3, -0.25) is 9.69 Å². The molecule has 1 amide bonds. The number of nitrogens with zero attached hydrogens (tertiary/aromatic N) is 1. The monoisotopic (exact) mass is 429 g/mol. The lowest BCUT2D eigenvalue weighted by Crippen LogP contribution is -2.45. The third-order valence-corrected chi connectivity index (χ3v) is 6.30. The van der Waals surface area contributed by atoms with Gasteiger partial charge in [0, 0.05) is 32.1 Å². The Balaban J connectivity index is 0.00000196. The second-order valence-corrected chi connectivity index (χ2v) is 8.31. The number of likely N-dealkylation sites (tertiary alicyclic amines) is 1. The summed E-state index contributed by atoms with van der Waals surface area (Å²) in [7, 11) is 0. The molecule has 0 aliphatic carbocycles. The minimum atomic E-state index is 0. The maximum absolute atomic E-state index is 12.4. The van der Waals surface area contributed by atoms with Crippen LogP contribution in [0.2, 0.25) is 0 Å². The first-order chi connectivity index (χ1) is 12.6. The SMILES string of the molecule is Cc1ccccc1CN1CCC(NC(=O)CC(C)C2CCNCC2)CC1.Cl.Cl. The number of aryl methyl sites for hydroxylation is 1. The molecule has 6 heteroatoms. The van der Waals surface area contributed by atoms with Crippen LogP contribution in [0.1, 0.15) is 50.2 Å². The maximum atomic E-state index is 12.4. The number of nitrogens with one attached hydrogen (secondary N) is 2. The van der Waals surface area contributed by atoms with Gasteiger partial charge in [-0.1, -0.05) is 31.2 Å². The molecule has 160 valence electrons. The number of halogens is 2. The van der Waals surface area contributed by atoms with Crippen molar-refractivity contribution in [1.29, 1.82) is 0 Å². The van der Waals surface area contributed by atoms with Gasteiger partial charge in [-0.25, -0.2) is 0 Å². The molecule has 0 aromatic heterocycles. The van der Waals surface area contributed by atoms with Crippen molar-refractivity contribution in [2.24, 2.45) is 11.8 Å². The van der Waals surface area contributed by atoms with Gasteiger partial charge in [-0.15, -0.1) is 24.8 Å². The zero-order chi connectivity index (χ0) is 18.4. The largest absolute Gasteiger partial charge is 0.353 e. The molecule has 2 fully saturated rings. The van der Waals surface area contributed by atoms with Crippen LogP contribution in [0.15, 0.2) is 24.3 Å². The molecule has 2 N–H and O–H groups in total. The Morgan fingerprint density at radius 3 is 2.43 bits per heavy atom. The highest BCUT2D eigenvalue weighted by molar-refractivity contribution is 5.85. The van der Waals surface area contributed by atoms with E-state index in [1.165, 1.54) is 24.0 Å². The van der Waals surface area contributed by atoms with Crippen molar-refractivity contribution in [3.63, 3.8) is 0 Å². The summed E-state index contributed by atoms with van der Waals surface area (Å²) in [5, 5.41) is 6.71. The molecular weight excluding hydrogens is 393 g/mol. The van der Waals surface area contributed by atoms with Gasteiger partial charge in [0.1, 0.15) is 0 Å². The molecule has 1 unspecified atom stereocenters. The summed E-state index contributed by atoms with van der Waals surface area (Å²) < 4.78 is 0. The molecule has 0 radical (unpaired) electrons. The Morgan fingerprint density at radius 2 is 1.79 bits per heavy atom. The summed E-state index contributed by atoms with van der Waals surface area (Å²) in [6.07, 6.45) is 5.25. The van der Waals surface area contributed by atoms with Gasteiger partial charge >= 0.3 is 0 Å². The Labute approximate surface area is 183 Å². The first-order valence-corrected chi connectivity index (χ1v) is 10.4. The first-order valence-electron chi connectivity index (χ1n) is 10.4. The molecule has 0 bridgehead atoms. The van der Waals surface area contributed by atoms with E-state index in [9.17, 15) is 4.79 Å². The topological polar surface area (TPSA) is 44.4 Å². The molecule has 4 nitrogen and oxygen atoms in total. The zero-order valence-corrected chi connectivity index (χ0v) is 18.9. The normalized spacial score (nSPS) is 19.9. The highest BCUT2D eigenvalue weighted by Crippen LogP contribution is 2.24. The van der Waals surface area contributed by atoms with Crippen LogP contribution in [0.5, 0.6) is 0 Å². The van der Waals surface area contributed by atoms with E-state index in [0.717, 1.165) is 45.6 Å². The van der Waals surface area contributed by atoms with Gasteiger partial charge in [0.15, 0.2) is 0 Å². The fourth-order valence-electron chi connectivity index (χ4n) is 4.42. The van der Waals surface area contributed by atoms with Crippen LogP contribution < -0.4 is 10.6 Å². The van der Waals surface area contributed by atoms with Gasteiger partial charge in [0.2, 0.25) is 5.91 Å². The molecule has 1 atom stereocenters. The number of benzene rings is 1. The summed E-state index contributed by atoms with van der Waals surface area (Å²) in [5.74, 6) is 1.46. The second-order valence-electron chi connectivity index (χ2n) is 8.31. The van der Waals surface area contributed by atoms with E-state index in [0.29, 0.717) is 24.3 Å². The van der Waals surface area contributed by atoms with E-state index < -0.39 is 0 Å². The fraction of sp³-hybridized carbons (Fsp3) is 0.682. The van der Waals surface area contributed by atoms with Gasteiger partial charge in [0.05, 0.1) is 0 Å². The summed E-state index contributed by atoms with van der Waals surface area (Å²) in [6, 6.07) is 9.00. The molecular formula is C22H37Cl2N3O. The Hall–Kier alpha value is -0.810. The number of carbonyl (C=O) groups excluding carboxylic acids is 1. The van der Waals surface area contributed by atoms with Gasteiger partial charge in [-0.2, -0.15) is 0 Å². The second kappa shape index (κ2) is 12.7. The number of carbonyl (C=O) groups is 1. The maximum Gasteiger partial charge on any atom is 0.220 e. The number of piperidine rings is 2. The average molecular weight is 430 g/mol. The molecule has 1 aromatic carbocycles. The van der Waals surface area contributed by atoms with Gasteiger partial charge in [0.25, 0.3) is 0 Å². The van der Waals surface area contributed by atoms with E-state index in [4.69, 9.17) is 0 Å². The summed E-state index contributed by atoms with van der Waals surface area (Å²) in [6.45, 7) is 9.82. The third kappa shape index (κ3) is 7.55. The van der Waals surface area contributed by atoms with Crippen LogP contribution in [0, 0.1) is 18.8 Å². The lowest BCUT2D eigenvalue weighted by Gasteiger charge is -2.33. The zero-order valence-electron chi connectivity index (χ0n) is 17.3. The molecule has 1 aromatic rings. The standard InChI is InChI=1S/C22H35N3O.2ClH/c1-17-5-3-4-6-20(17)16-25-13-9-21(10-14-25)24-22(26)15-18(2)19-7-11-23-12-8-19;;/h3-6,18-19,21,23H,7-16H2,1-2H3,(H,24,26);2*1H. The minimum absolute atomic E-state index is 0. The van der Waals surface area contributed by atoms with Crippen molar-refractivity contribution in [1.82, 2.24) is 15.5 Å². The van der Waals surface area contributed by atoms with Gasteiger partial charge in [-0.05, 0) is 68.7 Å². The number of hydrogen-bond acceptors (Lipinski definition) is 3. The fourth-order valence-corrected chi connectivity index (χ4v) is 4.42. The van der Waals surface area contributed by atoms with Crippen LogP contribution in [-0.2, 0) is 11.3 Å². The van der Waals surface area contributed by atoms with E-state index >= 15 is 0 Å². The molecule has 0 saturated carbocycles. The Kier molecular flexibility index (Phi) is 11.4. The van der Waals surface area contributed by atoms with Crippen LogP contribution >= 0.6 is 24.8 Å². The minimum Gasteiger partial charge on any atom is -0.353 e. The van der Waals surface area contributed by atoms with E-state index in [1.54, 1.807) is 0 Å². The van der Waals surface area contributed by atoms with E-state index in [1.807, 2.05) is 0 Å². The van der Waals surface area contributed by atoms with Gasteiger partial charge < -0.3 is 10.6 Å². The molecule has 3 rings (SSSR count). The third-order valence-electron chi connectivity index (χ3n) is 6.30. The smallest absolute Gasteiger partial charge is 0.220 e. The molecule has 2 aliphatic rings. The van der Waals surface area contributed by atoms with Crippen molar-refractivity contribution in [3.05, 3.63) is 35.4 Å². The lowest BCUT2D eigenvalue weighted by molar-refractivity contribution is -0.123. The molecule has 2 heterocycles. The van der Waals surface area contributed by atoms with Crippen LogP contribution in [0.4, 0.5) is 0 Å². The lowest BCUT2D eigenvalue weighted by atomic mass is 9.84. The number of hydrogen-bond donors (Lipinski definition) is 2. The van der Waals surface area contributed by atoms with Crippen LogP contribution in [-0.4, -0.2) is 43.0 Å². The predicted octanol–water partition coefficient (Wildman–Crippen LogP) is 3.95. The summed E-state index contributed by atoms with van der Waals surface area (Å²) in [5.41, 5.74) is 2.79. The molecule has 0 spiro atoms. The molecule has 2 aliphatic heterocycles. The average Bonchev–Trinajstić information content (AvgIpc) is 2.66. The Bertz CT molecular complexity index is 585. The number of amides is 1. The van der Waals surface area contributed by atoms with Crippen molar-refractivity contribution < 1.29 is 4.79 Å². The molecule has 2 saturated heterocycles. The summed E-state index contributed by atoms with van der Waals surface area (Å²) in [4.78, 5) is 15.0. The highest BCUT2D eigenvalue weighted by Gasteiger charge is 2.25. The van der Waals surface area contributed by atoms with Crippen molar-refractivity contribution in [2.45, 2.75) is 58.5 Å². The first kappa shape index (κ1) is 25.2. The quantitative estimate of drug-likeness (QED) is 0.719. The predicted molar refractivity (Wildman–Crippen MR) is 121 cm³/mol. The van der Waals surface area contributed by atoms with E-state index in [2.05, 4.69) is 53.6 Å². The van der Waals surface area contributed by atoms with Crippen molar-refractivity contribution >= 4 is 30.7 Å². The number of rotatable bonds is 6. The van der Waals surface area contributed by atoms with E-state index in [-0.39, 0.29) is 30.7 Å².